The van der Waals surface area contributed by atoms with E-state index in [-0.39, 0.29) is 5.41 Å². The maximum absolute atomic E-state index is 5.54. The summed E-state index contributed by atoms with van der Waals surface area (Å²) in [7, 11) is 0. The Balaban J connectivity index is 0. The molecule has 0 aromatic rings. The van der Waals surface area contributed by atoms with E-state index < -0.39 is 0 Å². The van der Waals surface area contributed by atoms with E-state index in [1.807, 2.05) is 13.8 Å². The first-order valence-corrected chi connectivity index (χ1v) is 12.4. The van der Waals surface area contributed by atoms with Crippen molar-refractivity contribution in [2.75, 3.05) is 26.3 Å². The van der Waals surface area contributed by atoms with Gasteiger partial charge < -0.3 is 10.1 Å². The van der Waals surface area contributed by atoms with Gasteiger partial charge in [0.15, 0.2) is 0 Å². The lowest BCUT2D eigenvalue weighted by Crippen LogP contribution is -2.33. The lowest BCUT2D eigenvalue weighted by atomic mass is 9.95. The molecule has 0 atom stereocenters. The summed E-state index contributed by atoms with van der Waals surface area (Å²) in [6, 6.07) is 0. The highest BCUT2D eigenvalue weighted by atomic mass is 16.5. The van der Waals surface area contributed by atoms with Gasteiger partial charge in [-0.05, 0) is 19.9 Å². The maximum Gasteiger partial charge on any atom is 0.0529 e. The molecule has 0 radical (unpaired) electrons. The fourth-order valence-electron chi connectivity index (χ4n) is 3.30. The summed E-state index contributed by atoms with van der Waals surface area (Å²) in [6.45, 7) is 16.8. The summed E-state index contributed by atoms with van der Waals surface area (Å²) in [5.41, 5.74) is 0.256. The Morgan fingerprint density at radius 3 is 1.44 bits per heavy atom. The lowest BCUT2D eigenvalue weighted by molar-refractivity contribution is 0.0706. The minimum Gasteiger partial charge on any atom is -0.381 e. The van der Waals surface area contributed by atoms with Crippen molar-refractivity contribution >= 4 is 0 Å². The average molecular weight is 386 g/mol. The first kappa shape index (κ1) is 29.1. The van der Waals surface area contributed by atoms with Crippen LogP contribution in [-0.4, -0.2) is 26.3 Å². The maximum atomic E-state index is 5.54. The van der Waals surface area contributed by atoms with Crippen LogP contribution in [0.2, 0.25) is 0 Å². The summed E-state index contributed by atoms with van der Waals surface area (Å²) in [6.07, 6.45) is 20.0. The molecule has 0 bridgehead atoms. The van der Waals surface area contributed by atoms with Gasteiger partial charge in [0.05, 0.1) is 6.61 Å². The molecular formula is C25H55NO. The van der Waals surface area contributed by atoms with E-state index in [9.17, 15) is 0 Å². The second-order valence-corrected chi connectivity index (χ2v) is 8.57. The van der Waals surface area contributed by atoms with Crippen molar-refractivity contribution in [2.45, 2.75) is 131 Å². The van der Waals surface area contributed by atoms with Gasteiger partial charge >= 0.3 is 0 Å². The minimum absolute atomic E-state index is 0.256. The molecule has 0 spiro atoms. The highest BCUT2D eigenvalue weighted by Gasteiger charge is 2.16. The first-order valence-electron chi connectivity index (χ1n) is 12.4. The number of ether oxygens (including phenoxy) is 1. The van der Waals surface area contributed by atoms with Gasteiger partial charge in [-0.3, -0.25) is 0 Å². The molecule has 0 rings (SSSR count). The predicted molar refractivity (Wildman–Crippen MR) is 125 cm³/mol. The molecule has 1 N–H and O–H groups in total. The number of nitrogens with one attached hydrogen (secondary N) is 1. The van der Waals surface area contributed by atoms with E-state index in [2.05, 4.69) is 33.0 Å². The van der Waals surface area contributed by atoms with Crippen molar-refractivity contribution in [1.82, 2.24) is 5.32 Å². The van der Waals surface area contributed by atoms with Gasteiger partial charge in [-0.1, -0.05) is 118 Å². The fourth-order valence-corrected chi connectivity index (χ4v) is 3.30. The van der Waals surface area contributed by atoms with Crippen LogP contribution in [0.4, 0.5) is 0 Å². The number of hydrogen-bond acceptors (Lipinski definition) is 2. The Labute approximate surface area is 173 Å². The molecule has 2 heteroatoms. The topological polar surface area (TPSA) is 21.3 Å². The normalized spacial score (nSPS) is 11.3. The Hall–Kier alpha value is -0.0800. The second kappa shape index (κ2) is 24.0. The number of hydrogen-bond donors (Lipinski definition) is 1. The molecule has 0 aliphatic carbocycles. The molecule has 0 saturated heterocycles. The smallest absolute Gasteiger partial charge is 0.0529 e. The summed E-state index contributed by atoms with van der Waals surface area (Å²) < 4.78 is 5.54. The summed E-state index contributed by atoms with van der Waals surface area (Å²) >= 11 is 0. The third-order valence-corrected chi connectivity index (χ3v) is 5.01. The van der Waals surface area contributed by atoms with Crippen molar-refractivity contribution in [3.05, 3.63) is 0 Å². The highest BCUT2D eigenvalue weighted by Crippen LogP contribution is 2.14. The average Bonchev–Trinajstić information content (AvgIpc) is 2.67. The van der Waals surface area contributed by atoms with Crippen LogP contribution >= 0.6 is 0 Å². The molecule has 0 aliphatic rings. The van der Waals surface area contributed by atoms with Gasteiger partial charge in [-0.25, -0.2) is 0 Å². The Bertz CT molecular complexity index is 253. The van der Waals surface area contributed by atoms with E-state index in [4.69, 9.17) is 4.74 Å². The van der Waals surface area contributed by atoms with Gasteiger partial charge in [0, 0.05) is 18.6 Å². The van der Waals surface area contributed by atoms with E-state index in [1.54, 1.807) is 0 Å². The molecule has 0 aromatic carbocycles. The van der Waals surface area contributed by atoms with Crippen molar-refractivity contribution < 1.29 is 4.74 Å². The van der Waals surface area contributed by atoms with Gasteiger partial charge in [0.2, 0.25) is 0 Å². The minimum atomic E-state index is 0.256. The van der Waals surface area contributed by atoms with Crippen LogP contribution in [0.25, 0.3) is 0 Å². The Morgan fingerprint density at radius 1 is 0.630 bits per heavy atom. The summed E-state index contributed by atoms with van der Waals surface area (Å²) in [4.78, 5) is 0. The highest BCUT2D eigenvalue weighted by molar-refractivity contribution is 4.70. The molecule has 0 fully saturated rings. The van der Waals surface area contributed by atoms with Crippen LogP contribution < -0.4 is 5.32 Å². The SMILES string of the molecule is CC.CCCCCCCCCCCCCCCCNCC(C)(C)COCC. The zero-order chi connectivity index (χ0) is 20.6. The Kier molecular flexibility index (Phi) is 25.8. The molecule has 0 aromatic heterocycles. The standard InChI is InChI=1S/C23H49NO.C2H6/c1-5-7-8-9-10-11-12-13-14-15-16-17-18-19-20-24-21-23(3,4)22-25-6-2;1-2/h24H,5-22H2,1-4H3;1-2H3. The fraction of sp³-hybridized carbons (Fsp3) is 1.00. The van der Waals surface area contributed by atoms with Crippen molar-refractivity contribution in [3.63, 3.8) is 0 Å². The quantitative estimate of drug-likeness (QED) is 0.213. The van der Waals surface area contributed by atoms with Crippen molar-refractivity contribution in [2.24, 2.45) is 5.41 Å². The lowest BCUT2D eigenvalue weighted by Gasteiger charge is -2.24. The zero-order valence-electron chi connectivity index (χ0n) is 20.1. The van der Waals surface area contributed by atoms with Gasteiger partial charge in [0.25, 0.3) is 0 Å². The number of rotatable bonds is 20. The molecule has 2 nitrogen and oxygen atoms in total. The summed E-state index contributed by atoms with van der Waals surface area (Å²) in [5.74, 6) is 0. The van der Waals surface area contributed by atoms with E-state index >= 15 is 0 Å². The third-order valence-electron chi connectivity index (χ3n) is 5.01. The molecule has 0 aliphatic heterocycles. The Morgan fingerprint density at radius 2 is 1.04 bits per heavy atom. The van der Waals surface area contributed by atoms with E-state index in [0.717, 1.165) is 26.3 Å². The van der Waals surface area contributed by atoms with E-state index in [1.165, 1.54) is 89.9 Å². The van der Waals surface area contributed by atoms with Gasteiger partial charge in [-0.15, -0.1) is 0 Å². The van der Waals surface area contributed by atoms with Crippen LogP contribution in [0, 0.1) is 5.41 Å². The number of unbranched alkanes of at least 4 members (excludes halogenated alkanes) is 13. The largest absolute Gasteiger partial charge is 0.381 e. The first-order chi connectivity index (χ1) is 13.1. The van der Waals surface area contributed by atoms with Gasteiger partial charge in [0.1, 0.15) is 0 Å². The molecule has 166 valence electrons. The molecule has 27 heavy (non-hydrogen) atoms. The monoisotopic (exact) mass is 385 g/mol. The van der Waals surface area contributed by atoms with Crippen molar-refractivity contribution in [3.8, 4) is 0 Å². The second-order valence-electron chi connectivity index (χ2n) is 8.57. The van der Waals surface area contributed by atoms with Crippen LogP contribution in [-0.2, 0) is 4.74 Å². The zero-order valence-corrected chi connectivity index (χ0v) is 20.1. The molecule has 0 amide bonds. The molecule has 0 unspecified atom stereocenters. The summed E-state index contributed by atoms with van der Waals surface area (Å²) in [5, 5.41) is 3.60. The third kappa shape index (κ3) is 25.9. The van der Waals surface area contributed by atoms with Crippen LogP contribution in [0.5, 0.6) is 0 Å². The van der Waals surface area contributed by atoms with Crippen molar-refractivity contribution in [1.29, 1.82) is 0 Å². The van der Waals surface area contributed by atoms with Crippen LogP contribution in [0.15, 0.2) is 0 Å². The molecular weight excluding hydrogens is 330 g/mol. The predicted octanol–water partition coefficient (Wildman–Crippen LogP) is 8.15. The van der Waals surface area contributed by atoms with Crippen LogP contribution in [0.1, 0.15) is 131 Å². The van der Waals surface area contributed by atoms with E-state index in [0.29, 0.717) is 0 Å². The van der Waals surface area contributed by atoms with Gasteiger partial charge in [-0.2, -0.15) is 0 Å². The molecule has 0 heterocycles. The van der Waals surface area contributed by atoms with Crippen LogP contribution in [0.3, 0.4) is 0 Å². The molecule has 0 saturated carbocycles.